The summed E-state index contributed by atoms with van der Waals surface area (Å²) in [5, 5.41) is 4.72. The number of anilines is 1. The minimum Gasteiger partial charge on any atom is -0.326 e. The molecule has 1 amide bonds. The zero-order valence-corrected chi connectivity index (χ0v) is 16.9. The maximum atomic E-state index is 13.1. The van der Waals surface area contributed by atoms with Crippen LogP contribution in [-0.4, -0.2) is 14.3 Å². The molecule has 1 atom stereocenters. The predicted octanol–water partition coefficient (Wildman–Crippen LogP) is 4.01. The van der Waals surface area contributed by atoms with Gasteiger partial charge in [-0.15, -0.1) is 11.3 Å². The summed E-state index contributed by atoms with van der Waals surface area (Å²) >= 11 is 1.51. The van der Waals surface area contributed by atoms with Crippen molar-refractivity contribution in [2.45, 2.75) is 30.7 Å². The Kier molecular flexibility index (Phi) is 5.05. The van der Waals surface area contributed by atoms with Crippen LogP contribution in [0.4, 0.5) is 5.69 Å². The van der Waals surface area contributed by atoms with Crippen LogP contribution in [-0.2, 0) is 21.2 Å². The van der Waals surface area contributed by atoms with E-state index < -0.39 is 16.1 Å². The second kappa shape index (κ2) is 7.50. The van der Waals surface area contributed by atoms with Crippen molar-refractivity contribution in [3.05, 3.63) is 81.5 Å². The molecule has 0 aliphatic carbocycles. The van der Waals surface area contributed by atoms with Crippen LogP contribution >= 0.6 is 11.3 Å². The number of benzene rings is 2. The van der Waals surface area contributed by atoms with Gasteiger partial charge >= 0.3 is 0 Å². The van der Waals surface area contributed by atoms with Crippen LogP contribution in [0.25, 0.3) is 0 Å². The van der Waals surface area contributed by atoms with E-state index in [1.54, 1.807) is 12.1 Å². The highest BCUT2D eigenvalue weighted by molar-refractivity contribution is 7.89. The second-order valence-corrected chi connectivity index (χ2v) is 9.54. The number of fused-ring (bicyclic) bond motifs is 1. The van der Waals surface area contributed by atoms with Gasteiger partial charge in [-0.2, -0.15) is 4.72 Å². The average molecular weight is 413 g/mol. The van der Waals surface area contributed by atoms with Crippen LogP contribution < -0.4 is 10.0 Å². The number of hydrogen-bond donors (Lipinski definition) is 2. The van der Waals surface area contributed by atoms with E-state index in [4.69, 9.17) is 0 Å². The maximum absolute atomic E-state index is 13.1. The molecule has 0 bridgehead atoms. The molecule has 2 aromatic carbocycles. The third-order valence-electron chi connectivity index (χ3n) is 4.79. The van der Waals surface area contributed by atoms with Crippen molar-refractivity contribution in [3.8, 4) is 0 Å². The summed E-state index contributed by atoms with van der Waals surface area (Å²) in [6, 6.07) is 16.1. The van der Waals surface area contributed by atoms with Gasteiger partial charge in [0.2, 0.25) is 15.9 Å². The summed E-state index contributed by atoms with van der Waals surface area (Å²) in [7, 11) is -3.75. The fraction of sp³-hybridized carbons (Fsp3) is 0.190. The SMILES string of the molecule is Cc1ccc([C@H](NS(=O)(=O)c2ccc3c(c2)CCC(=O)N3)c2cccs2)cc1. The van der Waals surface area contributed by atoms with Gasteiger partial charge < -0.3 is 5.32 Å². The highest BCUT2D eigenvalue weighted by atomic mass is 32.2. The normalized spacial score (nSPS) is 15.0. The summed E-state index contributed by atoms with van der Waals surface area (Å²) in [5.41, 5.74) is 3.53. The van der Waals surface area contributed by atoms with E-state index in [-0.39, 0.29) is 10.8 Å². The van der Waals surface area contributed by atoms with Gasteiger partial charge in [-0.3, -0.25) is 4.79 Å². The Morgan fingerprint density at radius 3 is 2.57 bits per heavy atom. The van der Waals surface area contributed by atoms with Crippen molar-refractivity contribution in [1.82, 2.24) is 4.72 Å². The van der Waals surface area contributed by atoms with E-state index in [0.29, 0.717) is 18.5 Å². The highest BCUT2D eigenvalue weighted by Crippen LogP contribution is 2.30. The largest absolute Gasteiger partial charge is 0.326 e. The number of thiophene rings is 1. The number of sulfonamides is 1. The third kappa shape index (κ3) is 3.87. The molecule has 3 aromatic rings. The van der Waals surface area contributed by atoms with Crippen LogP contribution in [0, 0.1) is 6.92 Å². The van der Waals surface area contributed by atoms with E-state index in [1.807, 2.05) is 48.7 Å². The number of amides is 1. The van der Waals surface area contributed by atoms with E-state index in [9.17, 15) is 13.2 Å². The molecule has 5 nitrogen and oxygen atoms in total. The number of rotatable bonds is 5. The molecule has 1 aliphatic rings. The van der Waals surface area contributed by atoms with Gasteiger partial charge in [0.15, 0.2) is 0 Å². The fourth-order valence-corrected chi connectivity index (χ4v) is 5.39. The Bertz CT molecular complexity index is 1110. The van der Waals surface area contributed by atoms with Gasteiger partial charge in [0.1, 0.15) is 0 Å². The first kappa shape index (κ1) is 18.9. The minimum atomic E-state index is -3.75. The summed E-state index contributed by atoms with van der Waals surface area (Å²) in [5.74, 6) is -0.0432. The molecule has 0 spiro atoms. The van der Waals surface area contributed by atoms with E-state index in [1.165, 1.54) is 17.4 Å². The lowest BCUT2D eigenvalue weighted by molar-refractivity contribution is -0.116. The number of carbonyl (C=O) groups excluding carboxylic acids is 1. The zero-order valence-electron chi connectivity index (χ0n) is 15.3. The van der Waals surface area contributed by atoms with Gasteiger partial charge in [0.25, 0.3) is 0 Å². The molecule has 2 heterocycles. The second-order valence-electron chi connectivity index (χ2n) is 6.85. The highest BCUT2D eigenvalue weighted by Gasteiger charge is 2.25. The molecular formula is C21H20N2O3S2. The number of hydrogen-bond acceptors (Lipinski definition) is 4. The number of carbonyl (C=O) groups is 1. The van der Waals surface area contributed by atoms with Gasteiger partial charge in [-0.1, -0.05) is 35.9 Å². The Hall–Kier alpha value is -2.48. The van der Waals surface area contributed by atoms with Crippen molar-refractivity contribution in [1.29, 1.82) is 0 Å². The summed E-state index contributed by atoms with van der Waals surface area (Å²) in [4.78, 5) is 12.7. The Morgan fingerprint density at radius 1 is 1.07 bits per heavy atom. The molecule has 0 fully saturated rings. The fourth-order valence-electron chi connectivity index (χ4n) is 3.25. The molecule has 0 saturated heterocycles. The molecule has 144 valence electrons. The minimum absolute atomic E-state index is 0.0432. The molecule has 28 heavy (non-hydrogen) atoms. The van der Waals surface area contributed by atoms with Crippen molar-refractivity contribution in [2.75, 3.05) is 5.32 Å². The lowest BCUT2D eigenvalue weighted by atomic mass is 10.0. The van der Waals surface area contributed by atoms with Gasteiger partial charge in [0, 0.05) is 17.0 Å². The first-order chi connectivity index (χ1) is 13.4. The first-order valence-electron chi connectivity index (χ1n) is 8.97. The first-order valence-corrected chi connectivity index (χ1v) is 11.3. The monoisotopic (exact) mass is 412 g/mol. The molecule has 1 aliphatic heterocycles. The number of nitrogens with one attached hydrogen (secondary N) is 2. The summed E-state index contributed by atoms with van der Waals surface area (Å²) in [6.07, 6.45) is 0.905. The topological polar surface area (TPSA) is 75.3 Å². The molecule has 2 N–H and O–H groups in total. The third-order valence-corrected chi connectivity index (χ3v) is 7.15. The van der Waals surface area contributed by atoms with Crippen molar-refractivity contribution in [3.63, 3.8) is 0 Å². The van der Waals surface area contributed by atoms with Crippen LogP contribution in [0.2, 0.25) is 0 Å². The molecule has 1 aromatic heterocycles. The Balaban J connectivity index is 1.68. The zero-order chi connectivity index (χ0) is 19.7. The van der Waals surface area contributed by atoms with E-state index in [2.05, 4.69) is 10.0 Å². The standard InChI is InChI=1S/C21H20N2O3S2/c1-14-4-6-15(7-5-14)21(19-3-2-12-27-19)23-28(25,26)17-9-10-18-16(13-17)8-11-20(24)22-18/h2-7,9-10,12-13,21,23H,8,11H2,1H3,(H,22,24)/t21-/m0/s1. The van der Waals surface area contributed by atoms with E-state index in [0.717, 1.165) is 21.6 Å². The molecular weight excluding hydrogens is 392 g/mol. The maximum Gasteiger partial charge on any atom is 0.241 e. The molecule has 7 heteroatoms. The Morgan fingerprint density at radius 2 is 1.86 bits per heavy atom. The van der Waals surface area contributed by atoms with Crippen LogP contribution in [0.3, 0.4) is 0 Å². The average Bonchev–Trinajstić information content (AvgIpc) is 3.21. The van der Waals surface area contributed by atoms with Crippen LogP contribution in [0.1, 0.15) is 34.0 Å². The smallest absolute Gasteiger partial charge is 0.241 e. The Labute approximate surface area is 168 Å². The number of aryl methyl sites for hydroxylation is 2. The van der Waals surface area contributed by atoms with E-state index >= 15 is 0 Å². The van der Waals surface area contributed by atoms with Crippen molar-refractivity contribution < 1.29 is 13.2 Å². The summed E-state index contributed by atoms with van der Waals surface area (Å²) in [6.45, 7) is 2.00. The van der Waals surface area contributed by atoms with Gasteiger partial charge in [0.05, 0.1) is 10.9 Å². The molecule has 0 unspecified atom stereocenters. The quantitative estimate of drug-likeness (QED) is 0.665. The predicted molar refractivity (Wildman–Crippen MR) is 111 cm³/mol. The molecule has 4 rings (SSSR count). The molecule has 0 saturated carbocycles. The lowest BCUT2D eigenvalue weighted by Gasteiger charge is -2.20. The van der Waals surface area contributed by atoms with Gasteiger partial charge in [-0.05, 0) is 54.1 Å². The van der Waals surface area contributed by atoms with Gasteiger partial charge in [-0.25, -0.2) is 8.42 Å². The lowest BCUT2D eigenvalue weighted by Crippen LogP contribution is -2.29. The van der Waals surface area contributed by atoms with Crippen molar-refractivity contribution in [2.24, 2.45) is 0 Å². The van der Waals surface area contributed by atoms with Crippen molar-refractivity contribution >= 4 is 33.0 Å². The molecule has 0 radical (unpaired) electrons. The van der Waals surface area contributed by atoms with Crippen LogP contribution in [0.15, 0.2) is 64.9 Å². The summed E-state index contributed by atoms with van der Waals surface area (Å²) < 4.78 is 29.1. The van der Waals surface area contributed by atoms with Crippen LogP contribution in [0.5, 0.6) is 0 Å².